The van der Waals surface area contributed by atoms with Gasteiger partial charge in [-0.05, 0) is 44.2 Å². The van der Waals surface area contributed by atoms with Crippen LogP contribution in [0.1, 0.15) is 29.9 Å². The maximum absolute atomic E-state index is 10.6. The van der Waals surface area contributed by atoms with Crippen LogP contribution in [-0.2, 0) is 12.0 Å². The number of aliphatic imine (C=N–C) groups is 1. The maximum atomic E-state index is 10.6. The minimum Gasteiger partial charge on any atom is -0.383 e. The Morgan fingerprint density at radius 3 is 2.52 bits per heavy atom. The average Bonchev–Trinajstić information content (AvgIpc) is 3.10. The highest BCUT2D eigenvalue weighted by molar-refractivity contribution is 14.0. The monoisotopic (exact) mass is 473 g/mol. The van der Waals surface area contributed by atoms with E-state index in [2.05, 4.69) is 46.8 Å². The van der Waals surface area contributed by atoms with E-state index in [0.717, 1.165) is 30.3 Å². The molecule has 2 rings (SSSR count). The van der Waals surface area contributed by atoms with Crippen molar-refractivity contribution in [3.8, 4) is 0 Å². The van der Waals surface area contributed by atoms with E-state index >= 15 is 0 Å². The fourth-order valence-electron chi connectivity index (χ4n) is 2.32. The van der Waals surface area contributed by atoms with Crippen LogP contribution in [-0.4, -0.2) is 30.7 Å². The number of guanidine groups is 1. The Hall–Kier alpha value is -1.12. The van der Waals surface area contributed by atoms with Gasteiger partial charge in [0.25, 0.3) is 0 Å². The first-order valence-corrected chi connectivity index (χ1v) is 9.23. The number of hydrogen-bond acceptors (Lipinski definition) is 3. The third-order valence-corrected chi connectivity index (χ3v) is 4.89. The number of rotatable bonds is 7. The van der Waals surface area contributed by atoms with Gasteiger partial charge in [-0.1, -0.05) is 35.9 Å². The number of benzene rings is 1. The van der Waals surface area contributed by atoms with Crippen molar-refractivity contribution >= 4 is 41.3 Å². The van der Waals surface area contributed by atoms with Crippen LogP contribution in [0.25, 0.3) is 0 Å². The number of aryl methyl sites for hydroxylation is 1. The largest absolute Gasteiger partial charge is 0.383 e. The molecule has 0 saturated heterocycles. The summed E-state index contributed by atoms with van der Waals surface area (Å²) in [6.07, 6.45) is 0.937. The normalized spacial score (nSPS) is 13.7. The molecule has 2 aromatic rings. The van der Waals surface area contributed by atoms with Crippen LogP contribution in [0.15, 0.2) is 46.8 Å². The number of aliphatic hydroxyl groups is 1. The molecule has 0 bridgehead atoms. The van der Waals surface area contributed by atoms with Gasteiger partial charge in [-0.25, -0.2) is 4.99 Å². The average molecular weight is 473 g/mol. The predicted molar refractivity (Wildman–Crippen MR) is 118 cm³/mol. The first kappa shape index (κ1) is 21.9. The van der Waals surface area contributed by atoms with Gasteiger partial charge in [0.05, 0.1) is 6.54 Å². The first-order valence-electron chi connectivity index (χ1n) is 8.35. The second kappa shape index (κ2) is 10.8. The second-order valence-electron chi connectivity index (χ2n) is 6.11. The van der Waals surface area contributed by atoms with Gasteiger partial charge in [0.1, 0.15) is 5.60 Å². The molecule has 1 heterocycles. The predicted octanol–water partition coefficient (Wildman–Crippen LogP) is 3.68. The van der Waals surface area contributed by atoms with E-state index in [1.54, 1.807) is 18.3 Å². The highest BCUT2D eigenvalue weighted by Gasteiger charge is 2.23. The molecule has 6 heteroatoms. The van der Waals surface area contributed by atoms with Crippen LogP contribution in [0.4, 0.5) is 0 Å². The summed E-state index contributed by atoms with van der Waals surface area (Å²) >= 11 is 1.55. The van der Waals surface area contributed by atoms with E-state index in [0.29, 0.717) is 6.54 Å². The molecule has 25 heavy (non-hydrogen) atoms. The second-order valence-corrected chi connectivity index (χ2v) is 7.06. The summed E-state index contributed by atoms with van der Waals surface area (Å²) < 4.78 is 0. The van der Waals surface area contributed by atoms with Crippen molar-refractivity contribution < 1.29 is 5.11 Å². The molecule has 4 nitrogen and oxygen atoms in total. The summed E-state index contributed by atoms with van der Waals surface area (Å²) in [4.78, 5) is 5.47. The first-order chi connectivity index (χ1) is 11.5. The number of thiophene rings is 1. The molecule has 0 aliphatic heterocycles. The molecule has 1 unspecified atom stereocenters. The molecule has 0 amide bonds. The molecule has 1 aromatic carbocycles. The zero-order valence-corrected chi connectivity index (χ0v) is 18.2. The van der Waals surface area contributed by atoms with E-state index in [1.165, 1.54) is 11.1 Å². The zero-order chi connectivity index (χ0) is 17.4. The van der Waals surface area contributed by atoms with Gasteiger partial charge in [-0.15, -0.1) is 35.3 Å². The summed E-state index contributed by atoms with van der Waals surface area (Å²) in [5.41, 5.74) is 1.64. The van der Waals surface area contributed by atoms with Crippen LogP contribution >= 0.6 is 35.3 Å². The Morgan fingerprint density at radius 1 is 1.20 bits per heavy atom. The molecule has 0 fully saturated rings. The fraction of sp³-hybridized carbons (Fsp3) is 0.421. The lowest BCUT2D eigenvalue weighted by Crippen LogP contribution is -2.39. The van der Waals surface area contributed by atoms with Crippen molar-refractivity contribution in [3.63, 3.8) is 0 Å². The van der Waals surface area contributed by atoms with Gasteiger partial charge in [-0.3, -0.25) is 0 Å². The summed E-state index contributed by atoms with van der Waals surface area (Å²) in [6, 6.07) is 12.5. The highest BCUT2D eigenvalue weighted by atomic mass is 127. The lowest BCUT2D eigenvalue weighted by Gasteiger charge is -2.20. The van der Waals surface area contributed by atoms with Gasteiger partial charge in [0.15, 0.2) is 5.96 Å². The minimum atomic E-state index is -0.937. The van der Waals surface area contributed by atoms with Gasteiger partial charge in [0.2, 0.25) is 0 Å². The van der Waals surface area contributed by atoms with Crippen molar-refractivity contribution in [2.45, 2.75) is 32.8 Å². The van der Waals surface area contributed by atoms with Crippen LogP contribution in [0.2, 0.25) is 0 Å². The van der Waals surface area contributed by atoms with Crippen molar-refractivity contribution in [2.24, 2.45) is 4.99 Å². The highest BCUT2D eigenvalue weighted by Crippen LogP contribution is 2.25. The summed E-state index contributed by atoms with van der Waals surface area (Å²) in [6.45, 7) is 7.85. The van der Waals surface area contributed by atoms with Crippen molar-refractivity contribution in [3.05, 3.63) is 57.8 Å². The molecule has 3 N–H and O–H groups in total. The third-order valence-electron chi connectivity index (χ3n) is 3.77. The van der Waals surface area contributed by atoms with Crippen molar-refractivity contribution in [1.29, 1.82) is 0 Å². The quantitative estimate of drug-likeness (QED) is 0.327. The summed E-state index contributed by atoms with van der Waals surface area (Å²) in [5, 5.41) is 19.1. The van der Waals surface area contributed by atoms with Crippen LogP contribution in [0.3, 0.4) is 0 Å². The van der Waals surface area contributed by atoms with Crippen molar-refractivity contribution in [1.82, 2.24) is 10.6 Å². The molecule has 0 aliphatic rings. The van der Waals surface area contributed by atoms with Gasteiger partial charge >= 0.3 is 0 Å². The van der Waals surface area contributed by atoms with E-state index in [9.17, 15) is 5.11 Å². The number of nitrogens with zero attached hydrogens (tertiary/aromatic N) is 1. The molecule has 0 spiro atoms. The molecule has 1 aromatic heterocycles. The zero-order valence-electron chi connectivity index (χ0n) is 15.1. The van der Waals surface area contributed by atoms with Gasteiger partial charge in [0, 0.05) is 18.0 Å². The topological polar surface area (TPSA) is 56.7 Å². The Labute approximate surface area is 171 Å². The lowest BCUT2D eigenvalue weighted by molar-refractivity contribution is 0.0711. The fourth-order valence-corrected chi connectivity index (χ4v) is 3.10. The molecule has 0 aliphatic carbocycles. The van der Waals surface area contributed by atoms with Gasteiger partial charge in [-0.2, -0.15) is 0 Å². The minimum absolute atomic E-state index is 0. The number of halogens is 1. The van der Waals surface area contributed by atoms with E-state index in [4.69, 9.17) is 0 Å². The SMILES string of the molecule is CCNC(=NCC(C)(O)c1cccs1)NCCc1ccc(C)cc1.I. The lowest BCUT2D eigenvalue weighted by atomic mass is 10.1. The smallest absolute Gasteiger partial charge is 0.191 e. The van der Waals surface area contributed by atoms with Crippen molar-refractivity contribution in [2.75, 3.05) is 19.6 Å². The van der Waals surface area contributed by atoms with E-state index < -0.39 is 5.60 Å². The number of nitrogens with one attached hydrogen (secondary N) is 2. The van der Waals surface area contributed by atoms with Crippen LogP contribution in [0.5, 0.6) is 0 Å². The molecule has 138 valence electrons. The Bertz CT molecular complexity index is 639. The molecular formula is C19H28IN3OS. The Balaban J connectivity index is 0.00000312. The molecular weight excluding hydrogens is 445 g/mol. The third kappa shape index (κ3) is 7.33. The van der Waals surface area contributed by atoms with E-state index in [1.807, 2.05) is 24.4 Å². The standard InChI is InChI=1S/C19H27N3OS.HI/c1-4-20-18(21-12-11-16-9-7-15(2)8-10-16)22-14-19(3,23)17-6-5-13-24-17;/h5-10,13,23H,4,11-12,14H2,1-3H3,(H2,20,21,22);1H. The Morgan fingerprint density at radius 2 is 1.92 bits per heavy atom. The number of hydrogen-bond donors (Lipinski definition) is 3. The molecule has 1 atom stereocenters. The maximum Gasteiger partial charge on any atom is 0.191 e. The summed E-state index contributed by atoms with van der Waals surface area (Å²) in [7, 11) is 0. The van der Waals surface area contributed by atoms with E-state index in [-0.39, 0.29) is 24.0 Å². The molecule has 0 saturated carbocycles. The van der Waals surface area contributed by atoms with Gasteiger partial charge < -0.3 is 15.7 Å². The Kier molecular flexibility index (Phi) is 9.45. The molecule has 0 radical (unpaired) electrons. The summed E-state index contributed by atoms with van der Waals surface area (Å²) in [5.74, 6) is 0.737. The van der Waals surface area contributed by atoms with Crippen LogP contribution in [0, 0.1) is 6.92 Å². The van der Waals surface area contributed by atoms with Crippen LogP contribution < -0.4 is 10.6 Å².